The fourth-order valence-electron chi connectivity index (χ4n) is 2.61. The third-order valence-electron chi connectivity index (χ3n) is 3.44. The number of hydrogen-bond donors (Lipinski definition) is 1. The molecule has 1 saturated heterocycles. The molecule has 0 aromatic heterocycles. The number of benzene rings is 1. The molecule has 0 amide bonds. The first-order valence-corrected chi connectivity index (χ1v) is 6.66. The molecule has 0 bridgehead atoms. The van der Waals surface area contributed by atoms with Gasteiger partial charge in [0.25, 0.3) is 0 Å². The number of halogens is 1. The van der Waals surface area contributed by atoms with Crippen LogP contribution in [0.1, 0.15) is 18.4 Å². The van der Waals surface area contributed by atoms with Crippen LogP contribution >= 0.6 is 11.6 Å². The van der Waals surface area contributed by atoms with Gasteiger partial charge in [0.2, 0.25) is 6.79 Å². The Morgan fingerprint density at radius 1 is 1.39 bits per heavy atom. The number of rotatable bonds is 2. The third-order valence-corrected chi connectivity index (χ3v) is 3.72. The summed E-state index contributed by atoms with van der Waals surface area (Å²) in [6, 6.07) is 4.26. The average molecular weight is 269 g/mol. The van der Waals surface area contributed by atoms with E-state index in [9.17, 15) is 0 Å². The largest absolute Gasteiger partial charge is 0.454 e. The highest BCUT2D eigenvalue weighted by Gasteiger charge is 2.21. The molecule has 2 N–H and O–H groups in total. The van der Waals surface area contributed by atoms with Crippen LogP contribution in [0.3, 0.4) is 0 Å². The number of ether oxygens (including phenoxy) is 2. The molecule has 98 valence electrons. The van der Waals surface area contributed by atoms with Gasteiger partial charge in [0.1, 0.15) is 0 Å². The van der Waals surface area contributed by atoms with Gasteiger partial charge in [0.15, 0.2) is 11.5 Å². The smallest absolute Gasteiger partial charge is 0.231 e. The molecule has 2 aliphatic heterocycles. The van der Waals surface area contributed by atoms with Gasteiger partial charge in [0, 0.05) is 19.1 Å². The van der Waals surface area contributed by atoms with Crippen molar-refractivity contribution in [3.05, 3.63) is 22.7 Å². The molecular formula is C13H17ClN2O2. The van der Waals surface area contributed by atoms with Crippen molar-refractivity contribution in [1.82, 2.24) is 4.90 Å². The quantitative estimate of drug-likeness (QED) is 0.891. The summed E-state index contributed by atoms with van der Waals surface area (Å²) in [6.45, 7) is 3.17. The van der Waals surface area contributed by atoms with Crippen molar-refractivity contribution in [2.24, 2.45) is 5.73 Å². The maximum Gasteiger partial charge on any atom is 0.231 e. The summed E-state index contributed by atoms with van der Waals surface area (Å²) >= 11 is 6.17. The van der Waals surface area contributed by atoms with Crippen LogP contribution in [0.4, 0.5) is 0 Å². The molecule has 0 radical (unpaired) electrons. The summed E-state index contributed by atoms with van der Waals surface area (Å²) in [5, 5.41) is 0.626. The molecule has 1 aromatic carbocycles. The monoisotopic (exact) mass is 268 g/mol. The molecule has 1 atom stereocenters. The van der Waals surface area contributed by atoms with Gasteiger partial charge in [-0.05, 0) is 37.1 Å². The molecule has 0 aliphatic carbocycles. The Balaban J connectivity index is 1.75. The number of fused-ring (bicyclic) bond motifs is 1. The lowest BCUT2D eigenvalue weighted by Gasteiger charge is -2.30. The summed E-state index contributed by atoms with van der Waals surface area (Å²) in [6.07, 6.45) is 2.29. The Bertz CT molecular complexity index is 453. The lowest BCUT2D eigenvalue weighted by atomic mass is 10.1. The molecule has 3 rings (SSSR count). The predicted octanol–water partition coefficient (Wildman–Crippen LogP) is 1.99. The normalized spacial score (nSPS) is 23.3. The van der Waals surface area contributed by atoms with Crippen LogP contribution in [0.15, 0.2) is 12.1 Å². The van der Waals surface area contributed by atoms with Gasteiger partial charge in [-0.25, -0.2) is 0 Å². The number of likely N-dealkylation sites (tertiary alicyclic amines) is 1. The van der Waals surface area contributed by atoms with Crippen molar-refractivity contribution in [3.63, 3.8) is 0 Å². The third kappa shape index (κ3) is 2.41. The fourth-order valence-corrected chi connectivity index (χ4v) is 2.89. The zero-order chi connectivity index (χ0) is 12.5. The second-order valence-corrected chi connectivity index (χ2v) is 5.36. The van der Waals surface area contributed by atoms with E-state index in [0.29, 0.717) is 16.8 Å². The number of nitrogens with zero attached hydrogens (tertiary/aromatic N) is 1. The van der Waals surface area contributed by atoms with Gasteiger partial charge < -0.3 is 15.2 Å². The Kier molecular flexibility index (Phi) is 3.33. The number of hydrogen-bond acceptors (Lipinski definition) is 4. The van der Waals surface area contributed by atoms with Crippen molar-refractivity contribution >= 4 is 11.6 Å². The standard InChI is InChI=1S/C13H17ClN2O2/c14-11-4-9(5-12-13(11)18-8-17-12)6-16-3-1-2-10(15)7-16/h4-5,10H,1-3,6-8,15H2. The maximum atomic E-state index is 6.17. The highest BCUT2D eigenvalue weighted by molar-refractivity contribution is 6.32. The molecule has 2 aliphatic rings. The fraction of sp³-hybridized carbons (Fsp3) is 0.538. The summed E-state index contributed by atoms with van der Waals surface area (Å²) in [4.78, 5) is 2.36. The van der Waals surface area contributed by atoms with Crippen LogP contribution < -0.4 is 15.2 Å². The van der Waals surface area contributed by atoms with E-state index >= 15 is 0 Å². The van der Waals surface area contributed by atoms with Crippen molar-refractivity contribution in [2.45, 2.75) is 25.4 Å². The topological polar surface area (TPSA) is 47.7 Å². The molecule has 5 heteroatoms. The molecule has 1 aromatic rings. The second-order valence-electron chi connectivity index (χ2n) is 4.95. The van der Waals surface area contributed by atoms with Crippen molar-refractivity contribution < 1.29 is 9.47 Å². The maximum absolute atomic E-state index is 6.17. The van der Waals surface area contributed by atoms with Gasteiger partial charge in [-0.3, -0.25) is 4.90 Å². The van der Waals surface area contributed by atoms with E-state index < -0.39 is 0 Å². The summed E-state index contributed by atoms with van der Waals surface area (Å²) in [5.74, 6) is 1.41. The summed E-state index contributed by atoms with van der Waals surface area (Å²) in [5.41, 5.74) is 7.14. The predicted molar refractivity (Wildman–Crippen MR) is 70.1 cm³/mol. The number of nitrogens with two attached hydrogens (primary N) is 1. The van der Waals surface area contributed by atoms with Crippen molar-refractivity contribution in [1.29, 1.82) is 0 Å². The Morgan fingerprint density at radius 2 is 2.28 bits per heavy atom. The van der Waals surface area contributed by atoms with E-state index in [1.807, 2.05) is 12.1 Å². The zero-order valence-electron chi connectivity index (χ0n) is 10.2. The zero-order valence-corrected chi connectivity index (χ0v) is 10.9. The molecule has 4 nitrogen and oxygen atoms in total. The van der Waals surface area contributed by atoms with E-state index in [2.05, 4.69) is 4.90 Å². The van der Waals surface area contributed by atoms with Gasteiger partial charge in [-0.15, -0.1) is 0 Å². The van der Waals surface area contributed by atoms with Crippen LogP contribution in [-0.2, 0) is 6.54 Å². The molecular weight excluding hydrogens is 252 g/mol. The minimum absolute atomic E-state index is 0.257. The van der Waals surface area contributed by atoms with Gasteiger partial charge in [-0.1, -0.05) is 11.6 Å². The van der Waals surface area contributed by atoms with Crippen LogP contribution in [0, 0.1) is 0 Å². The van der Waals surface area contributed by atoms with Crippen LogP contribution in [0.25, 0.3) is 0 Å². The lowest BCUT2D eigenvalue weighted by molar-refractivity contribution is 0.173. The molecule has 0 spiro atoms. The SMILES string of the molecule is NC1CCCN(Cc2cc(Cl)c3c(c2)OCO3)C1. The van der Waals surface area contributed by atoms with Crippen LogP contribution in [0.5, 0.6) is 11.5 Å². The molecule has 0 saturated carbocycles. The Morgan fingerprint density at radius 3 is 3.11 bits per heavy atom. The van der Waals surface area contributed by atoms with Crippen LogP contribution in [0.2, 0.25) is 5.02 Å². The second kappa shape index (κ2) is 4.96. The van der Waals surface area contributed by atoms with Gasteiger partial charge >= 0.3 is 0 Å². The average Bonchev–Trinajstić information content (AvgIpc) is 2.77. The Labute approximate surface area is 112 Å². The lowest BCUT2D eigenvalue weighted by Crippen LogP contribution is -2.42. The van der Waals surface area contributed by atoms with Gasteiger partial charge in [0.05, 0.1) is 5.02 Å². The van der Waals surface area contributed by atoms with E-state index in [1.165, 1.54) is 6.42 Å². The number of piperidine rings is 1. The van der Waals surface area contributed by atoms with E-state index in [1.54, 1.807) is 0 Å². The van der Waals surface area contributed by atoms with E-state index in [-0.39, 0.29) is 6.79 Å². The highest BCUT2D eigenvalue weighted by Crippen LogP contribution is 2.40. The first kappa shape index (κ1) is 12.1. The first-order chi connectivity index (χ1) is 8.72. The molecule has 2 heterocycles. The van der Waals surface area contributed by atoms with Crippen molar-refractivity contribution in [2.75, 3.05) is 19.9 Å². The van der Waals surface area contributed by atoms with Gasteiger partial charge in [-0.2, -0.15) is 0 Å². The minimum atomic E-state index is 0.257. The molecule has 1 fully saturated rings. The minimum Gasteiger partial charge on any atom is -0.454 e. The van der Waals surface area contributed by atoms with E-state index in [4.69, 9.17) is 26.8 Å². The summed E-state index contributed by atoms with van der Waals surface area (Å²) < 4.78 is 10.7. The highest BCUT2D eigenvalue weighted by atomic mass is 35.5. The Hall–Kier alpha value is -0.970. The van der Waals surface area contributed by atoms with Crippen molar-refractivity contribution in [3.8, 4) is 11.5 Å². The molecule has 18 heavy (non-hydrogen) atoms. The first-order valence-electron chi connectivity index (χ1n) is 6.28. The van der Waals surface area contributed by atoms with Crippen LogP contribution in [-0.4, -0.2) is 30.8 Å². The summed E-state index contributed by atoms with van der Waals surface area (Å²) in [7, 11) is 0. The molecule has 1 unspecified atom stereocenters. The van der Waals surface area contributed by atoms with E-state index in [0.717, 1.165) is 37.4 Å².